The largest absolute Gasteiger partial charge is 0.467 e. The summed E-state index contributed by atoms with van der Waals surface area (Å²) in [6.45, 7) is 0.368. The molecule has 2 aliphatic rings. The summed E-state index contributed by atoms with van der Waals surface area (Å²) in [5.41, 5.74) is 0.570. The van der Waals surface area contributed by atoms with Gasteiger partial charge in [-0.25, -0.2) is 8.78 Å². The summed E-state index contributed by atoms with van der Waals surface area (Å²) in [5.74, 6) is -2.92. The van der Waals surface area contributed by atoms with Gasteiger partial charge in [-0.3, -0.25) is 14.5 Å². The molecule has 1 aromatic carbocycles. The van der Waals surface area contributed by atoms with Crippen LogP contribution in [0.25, 0.3) is 0 Å². The molecule has 1 N–H and O–H groups in total. The standard InChI is InChI=1S/C20H21F2N3O3/c21-20(22)9-17(18(26)23-10-16-7-4-8-28-16)25(13-20)15-11-24(12-15)19(27)14-5-2-1-3-6-14/h1-8,15,17H,9-13H2,(H,23,26)/t17-/m0/s1. The van der Waals surface area contributed by atoms with Crippen LogP contribution in [0.2, 0.25) is 0 Å². The Balaban J connectivity index is 1.37. The molecule has 0 aliphatic carbocycles. The first-order chi connectivity index (χ1) is 13.4. The van der Waals surface area contributed by atoms with E-state index in [0.29, 0.717) is 24.4 Å². The molecule has 2 aliphatic heterocycles. The third-order valence-corrected chi connectivity index (χ3v) is 5.27. The second kappa shape index (κ2) is 7.35. The number of halogens is 2. The number of nitrogens with zero attached hydrogens (tertiary/aromatic N) is 2. The van der Waals surface area contributed by atoms with Gasteiger partial charge in [0, 0.05) is 31.1 Å². The quantitative estimate of drug-likeness (QED) is 0.851. The van der Waals surface area contributed by atoms with E-state index in [2.05, 4.69) is 5.32 Å². The molecule has 148 valence electrons. The van der Waals surface area contributed by atoms with Crippen LogP contribution < -0.4 is 5.32 Å². The van der Waals surface area contributed by atoms with Gasteiger partial charge in [-0.05, 0) is 24.3 Å². The van der Waals surface area contributed by atoms with Crippen LogP contribution in [-0.2, 0) is 11.3 Å². The van der Waals surface area contributed by atoms with Crippen molar-refractivity contribution in [2.75, 3.05) is 19.6 Å². The Hall–Kier alpha value is -2.74. The third-order valence-electron chi connectivity index (χ3n) is 5.27. The molecule has 2 amide bonds. The lowest BCUT2D eigenvalue weighted by Crippen LogP contribution is -2.63. The zero-order chi connectivity index (χ0) is 19.7. The van der Waals surface area contributed by atoms with Crippen LogP contribution >= 0.6 is 0 Å². The number of benzene rings is 1. The Bertz CT molecular complexity index is 836. The smallest absolute Gasteiger partial charge is 0.262 e. The SMILES string of the molecule is O=C(NCc1ccco1)[C@@H]1CC(F)(F)CN1C1CN(C(=O)c2ccccc2)C1. The van der Waals surface area contributed by atoms with E-state index in [4.69, 9.17) is 4.42 Å². The lowest BCUT2D eigenvalue weighted by molar-refractivity contribution is -0.127. The van der Waals surface area contributed by atoms with Crippen molar-refractivity contribution in [3.8, 4) is 0 Å². The number of carbonyl (C=O) groups excluding carboxylic acids is 2. The molecule has 0 saturated carbocycles. The molecule has 28 heavy (non-hydrogen) atoms. The second-order valence-electron chi connectivity index (χ2n) is 7.28. The van der Waals surface area contributed by atoms with E-state index in [1.54, 1.807) is 41.3 Å². The van der Waals surface area contributed by atoms with Crippen molar-refractivity contribution in [3.63, 3.8) is 0 Å². The Morgan fingerprint density at radius 3 is 2.57 bits per heavy atom. The summed E-state index contributed by atoms with van der Waals surface area (Å²) in [4.78, 5) is 28.1. The molecule has 0 radical (unpaired) electrons. The number of amides is 2. The number of hydrogen-bond donors (Lipinski definition) is 1. The number of likely N-dealkylation sites (tertiary alicyclic amines) is 2. The predicted molar refractivity (Wildman–Crippen MR) is 96.7 cm³/mol. The Morgan fingerprint density at radius 2 is 1.89 bits per heavy atom. The fourth-order valence-electron chi connectivity index (χ4n) is 3.77. The minimum atomic E-state index is -2.92. The molecule has 2 aromatic rings. The average Bonchev–Trinajstić information content (AvgIpc) is 3.26. The highest BCUT2D eigenvalue weighted by Gasteiger charge is 2.52. The zero-order valence-corrected chi connectivity index (χ0v) is 15.2. The first-order valence-electron chi connectivity index (χ1n) is 9.21. The number of nitrogens with one attached hydrogen (secondary N) is 1. The molecule has 4 rings (SSSR count). The molecule has 1 aromatic heterocycles. The zero-order valence-electron chi connectivity index (χ0n) is 15.2. The maximum absolute atomic E-state index is 14.0. The molecule has 0 bridgehead atoms. The van der Waals surface area contributed by atoms with Crippen molar-refractivity contribution in [1.29, 1.82) is 0 Å². The molecular weight excluding hydrogens is 368 g/mol. The molecule has 3 heterocycles. The van der Waals surface area contributed by atoms with E-state index in [1.807, 2.05) is 6.07 Å². The number of carbonyl (C=O) groups is 2. The van der Waals surface area contributed by atoms with Gasteiger partial charge in [-0.2, -0.15) is 0 Å². The van der Waals surface area contributed by atoms with Crippen molar-refractivity contribution >= 4 is 11.8 Å². The highest BCUT2D eigenvalue weighted by atomic mass is 19.3. The first-order valence-corrected chi connectivity index (χ1v) is 9.21. The van der Waals surface area contributed by atoms with Crippen molar-refractivity contribution in [1.82, 2.24) is 15.1 Å². The molecule has 6 nitrogen and oxygen atoms in total. The summed E-state index contributed by atoms with van der Waals surface area (Å²) in [6.07, 6.45) is 0.977. The van der Waals surface area contributed by atoms with E-state index in [9.17, 15) is 18.4 Å². The monoisotopic (exact) mass is 389 g/mol. The van der Waals surface area contributed by atoms with Crippen LogP contribution in [0.4, 0.5) is 8.78 Å². The van der Waals surface area contributed by atoms with Crippen LogP contribution in [0.5, 0.6) is 0 Å². The van der Waals surface area contributed by atoms with Crippen molar-refractivity contribution < 1.29 is 22.8 Å². The molecule has 8 heteroatoms. The van der Waals surface area contributed by atoms with E-state index < -0.39 is 30.8 Å². The maximum Gasteiger partial charge on any atom is 0.262 e. The molecule has 2 saturated heterocycles. The van der Waals surface area contributed by atoms with Crippen LogP contribution in [0.15, 0.2) is 53.1 Å². The minimum absolute atomic E-state index is 0.123. The number of furan rings is 1. The van der Waals surface area contributed by atoms with Crippen LogP contribution in [0.3, 0.4) is 0 Å². The predicted octanol–water partition coefficient (Wildman–Crippen LogP) is 2.13. The Kier molecular flexibility index (Phi) is 4.89. The fraction of sp³-hybridized carbons (Fsp3) is 0.400. The molecular formula is C20H21F2N3O3. The first kappa shape index (κ1) is 18.6. The van der Waals surface area contributed by atoms with Gasteiger partial charge >= 0.3 is 0 Å². The number of alkyl halides is 2. The van der Waals surface area contributed by atoms with Gasteiger partial charge in [0.15, 0.2) is 0 Å². The third kappa shape index (κ3) is 3.77. The van der Waals surface area contributed by atoms with Crippen molar-refractivity contribution in [2.24, 2.45) is 0 Å². The lowest BCUT2D eigenvalue weighted by atomic mass is 10.0. The van der Waals surface area contributed by atoms with E-state index >= 15 is 0 Å². The normalized spacial score (nSPS) is 22.1. The van der Waals surface area contributed by atoms with Crippen molar-refractivity contribution in [3.05, 3.63) is 60.1 Å². The summed E-state index contributed by atoms with van der Waals surface area (Å²) < 4.78 is 33.2. The summed E-state index contributed by atoms with van der Waals surface area (Å²) in [7, 11) is 0. The van der Waals surface area contributed by atoms with Crippen molar-refractivity contribution in [2.45, 2.75) is 31.0 Å². The van der Waals surface area contributed by atoms with Crippen LogP contribution in [-0.4, -0.2) is 59.3 Å². The Morgan fingerprint density at radius 1 is 1.14 bits per heavy atom. The van der Waals surface area contributed by atoms with Crippen LogP contribution in [0, 0.1) is 0 Å². The Labute approximate surface area is 161 Å². The minimum Gasteiger partial charge on any atom is -0.467 e. The number of rotatable bonds is 5. The van der Waals surface area contributed by atoms with Gasteiger partial charge in [-0.1, -0.05) is 18.2 Å². The summed E-state index contributed by atoms with van der Waals surface area (Å²) in [5, 5.41) is 2.67. The van der Waals surface area contributed by atoms with E-state index in [0.717, 1.165) is 0 Å². The summed E-state index contributed by atoms with van der Waals surface area (Å²) >= 11 is 0. The number of hydrogen-bond acceptors (Lipinski definition) is 4. The van der Waals surface area contributed by atoms with Gasteiger partial charge in [-0.15, -0.1) is 0 Å². The highest BCUT2D eigenvalue weighted by Crippen LogP contribution is 2.35. The van der Waals surface area contributed by atoms with E-state index in [1.165, 1.54) is 11.2 Å². The second-order valence-corrected chi connectivity index (χ2v) is 7.28. The van der Waals surface area contributed by atoms with Crippen LogP contribution in [0.1, 0.15) is 22.5 Å². The average molecular weight is 389 g/mol. The highest BCUT2D eigenvalue weighted by molar-refractivity contribution is 5.94. The molecule has 0 unspecified atom stereocenters. The fourth-order valence-corrected chi connectivity index (χ4v) is 3.77. The van der Waals surface area contributed by atoms with E-state index in [-0.39, 0.29) is 18.5 Å². The van der Waals surface area contributed by atoms with Gasteiger partial charge in [0.05, 0.1) is 25.4 Å². The lowest BCUT2D eigenvalue weighted by Gasteiger charge is -2.45. The van der Waals surface area contributed by atoms with Gasteiger partial charge in [0.25, 0.3) is 11.8 Å². The molecule has 1 atom stereocenters. The molecule has 0 spiro atoms. The maximum atomic E-state index is 14.0. The van der Waals surface area contributed by atoms with Gasteiger partial charge in [0.2, 0.25) is 5.91 Å². The van der Waals surface area contributed by atoms with Gasteiger partial charge < -0.3 is 14.6 Å². The molecule has 2 fully saturated rings. The topological polar surface area (TPSA) is 65.8 Å². The van der Waals surface area contributed by atoms with Gasteiger partial charge in [0.1, 0.15) is 5.76 Å². The summed E-state index contributed by atoms with van der Waals surface area (Å²) in [6, 6.07) is 11.1.